The van der Waals surface area contributed by atoms with Crippen LogP contribution in [0.4, 0.5) is 5.82 Å². The molecule has 0 aromatic carbocycles. The number of aryl methyl sites for hydroxylation is 2. The highest BCUT2D eigenvalue weighted by Crippen LogP contribution is 2.18. The second-order valence-corrected chi connectivity index (χ2v) is 5.35. The Bertz CT molecular complexity index is 496. The normalized spacial score (nSPS) is 10.4. The molecule has 0 saturated carbocycles. The average molecular weight is 298 g/mol. The third-order valence-corrected chi connectivity index (χ3v) is 3.93. The van der Waals surface area contributed by atoms with Gasteiger partial charge < -0.3 is 5.32 Å². The number of hydrogen-bond acceptors (Lipinski definition) is 4. The zero-order valence-electron chi connectivity index (χ0n) is 9.12. The van der Waals surface area contributed by atoms with Gasteiger partial charge in [0.15, 0.2) is 0 Å². The van der Waals surface area contributed by atoms with Crippen molar-refractivity contribution >= 4 is 33.1 Å². The first-order chi connectivity index (χ1) is 7.65. The van der Waals surface area contributed by atoms with Crippen LogP contribution >= 0.6 is 27.3 Å². The molecule has 2 rings (SSSR count). The number of halogens is 1. The van der Waals surface area contributed by atoms with Gasteiger partial charge in [-0.05, 0) is 41.4 Å². The Hall–Kier alpha value is -0.940. The van der Waals surface area contributed by atoms with Gasteiger partial charge in [0.1, 0.15) is 10.8 Å². The molecule has 0 aliphatic rings. The van der Waals surface area contributed by atoms with E-state index in [4.69, 9.17) is 0 Å². The predicted molar refractivity (Wildman–Crippen MR) is 70.9 cm³/mol. The second-order valence-electron chi connectivity index (χ2n) is 3.55. The van der Waals surface area contributed by atoms with Crippen molar-refractivity contribution in [3.63, 3.8) is 0 Å². The Morgan fingerprint density at radius 1 is 1.44 bits per heavy atom. The molecular formula is C11H12BrN3S. The van der Waals surface area contributed by atoms with Gasteiger partial charge in [0.05, 0.1) is 6.54 Å². The minimum Gasteiger partial charge on any atom is -0.364 e. The largest absolute Gasteiger partial charge is 0.364 e. The summed E-state index contributed by atoms with van der Waals surface area (Å²) in [5, 5.41) is 6.39. The summed E-state index contributed by atoms with van der Waals surface area (Å²) in [6.45, 7) is 4.78. The first kappa shape index (κ1) is 11.5. The molecular weight excluding hydrogens is 286 g/mol. The van der Waals surface area contributed by atoms with Crippen LogP contribution in [0.2, 0.25) is 0 Å². The molecule has 2 aromatic rings. The summed E-state index contributed by atoms with van der Waals surface area (Å²) in [6, 6.07) is 2.02. The molecule has 0 radical (unpaired) electrons. The van der Waals surface area contributed by atoms with Gasteiger partial charge >= 0.3 is 0 Å². The Labute approximate surface area is 107 Å². The third-order valence-electron chi connectivity index (χ3n) is 2.13. The molecule has 0 fully saturated rings. The Balaban J connectivity index is 2.02. The number of nitrogens with one attached hydrogen (secondary N) is 1. The fourth-order valence-corrected chi connectivity index (χ4v) is 2.21. The van der Waals surface area contributed by atoms with Crippen molar-refractivity contribution in [2.24, 2.45) is 0 Å². The van der Waals surface area contributed by atoms with Crippen molar-refractivity contribution in [3.05, 3.63) is 38.4 Å². The first-order valence-electron chi connectivity index (χ1n) is 4.92. The number of aromatic nitrogens is 2. The summed E-state index contributed by atoms with van der Waals surface area (Å²) in [5.41, 5.74) is 2.24. The van der Waals surface area contributed by atoms with Crippen molar-refractivity contribution in [3.8, 4) is 0 Å². The van der Waals surface area contributed by atoms with Crippen LogP contribution in [0.1, 0.15) is 16.3 Å². The monoisotopic (exact) mass is 297 g/mol. The van der Waals surface area contributed by atoms with Crippen LogP contribution in [-0.2, 0) is 6.54 Å². The zero-order valence-corrected chi connectivity index (χ0v) is 11.5. The summed E-state index contributed by atoms with van der Waals surface area (Å²) < 4.78 is 1.03. The van der Waals surface area contributed by atoms with Crippen LogP contribution in [0.5, 0.6) is 0 Å². The summed E-state index contributed by atoms with van der Waals surface area (Å²) >= 11 is 5.09. The highest BCUT2D eigenvalue weighted by Gasteiger charge is 2.01. The third kappa shape index (κ3) is 2.80. The quantitative estimate of drug-likeness (QED) is 0.942. The van der Waals surface area contributed by atoms with Crippen molar-refractivity contribution in [2.75, 3.05) is 5.32 Å². The molecule has 0 saturated heterocycles. The van der Waals surface area contributed by atoms with E-state index in [0.29, 0.717) is 0 Å². The molecule has 0 unspecified atom stereocenters. The molecule has 5 heteroatoms. The van der Waals surface area contributed by atoms with Crippen LogP contribution in [-0.4, -0.2) is 9.97 Å². The molecule has 84 valence electrons. The van der Waals surface area contributed by atoms with Gasteiger partial charge in [-0.1, -0.05) is 0 Å². The molecule has 0 amide bonds. The number of anilines is 1. The molecule has 0 aliphatic heterocycles. The fraction of sp³-hybridized carbons (Fsp3) is 0.273. The smallest absolute Gasteiger partial charge is 0.126 e. The van der Waals surface area contributed by atoms with Crippen molar-refractivity contribution in [1.82, 2.24) is 9.97 Å². The van der Waals surface area contributed by atoms with Gasteiger partial charge in [-0.15, -0.1) is 11.3 Å². The van der Waals surface area contributed by atoms with Gasteiger partial charge in [0.25, 0.3) is 0 Å². The topological polar surface area (TPSA) is 37.8 Å². The number of rotatable bonds is 3. The minimum absolute atomic E-state index is 0.729. The number of thiazole rings is 1. The van der Waals surface area contributed by atoms with Crippen molar-refractivity contribution in [1.29, 1.82) is 0 Å². The van der Waals surface area contributed by atoms with Crippen LogP contribution in [0.15, 0.2) is 22.1 Å². The van der Waals surface area contributed by atoms with E-state index in [2.05, 4.69) is 36.6 Å². The van der Waals surface area contributed by atoms with Gasteiger partial charge in [0, 0.05) is 21.7 Å². The average Bonchev–Trinajstić information content (AvgIpc) is 2.66. The predicted octanol–water partition coefficient (Wildman–Crippen LogP) is 3.53. The van der Waals surface area contributed by atoms with E-state index < -0.39 is 0 Å². The van der Waals surface area contributed by atoms with E-state index in [0.717, 1.165) is 27.5 Å². The van der Waals surface area contributed by atoms with Crippen LogP contribution < -0.4 is 5.32 Å². The zero-order chi connectivity index (χ0) is 11.5. The highest BCUT2D eigenvalue weighted by molar-refractivity contribution is 9.10. The SMILES string of the molecule is Cc1csc(CNc2cc(C)c(Br)cn2)n1. The molecule has 1 N–H and O–H groups in total. The number of hydrogen-bond donors (Lipinski definition) is 1. The minimum atomic E-state index is 0.729. The van der Waals surface area contributed by atoms with Gasteiger partial charge in [-0.3, -0.25) is 0 Å². The van der Waals surface area contributed by atoms with Gasteiger partial charge in [0.2, 0.25) is 0 Å². The van der Waals surface area contributed by atoms with Gasteiger partial charge in [-0.25, -0.2) is 9.97 Å². The molecule has 2 aromatic heterocycles. The summed E-state index contributed by atoms with van der Waals surface area (Å²) in [4.78, 5) is 8.66. The van der Waals surface area contributed by atoms with E-state index in [1.807, 2.05) is 26.1 Å². The van der Waals surface area contributed by atoms with E-state index in [-0.39, 0.29) is 0 Å². The lowest BCUT2D eigenvalue weighted by Gasteiger charge is -2.05. The Kier molecular flexibility index (Phi) is 3.56. The van der Waals surface area contributed by atoms with E-state index in [1.165, 1.54) is 5.56 Å². The maximum absolute atomic E-state index is 4.38. The summed E-state index contributed by atoms with van der Waals surface area (Å²) in [5.74, 6) is 0.883. The second kappa shape index (κ2) is 4.93. The van der Waals surface area contributed by atoms with E-state index in [1.54, 1.807) is 11.3 Å². The number of pyridine rings is 1. The first-order valence-corrected chi connectivity index (χ1v) is 6.59. The molecule has 16 heavy (non-hydrogen) atoms. The molecule has 0 aliphatic carbocycles. The van der Waals surface area contributed by atoms with E-state index in [9.17, 15) is 0 Å². The van der Waals surface area contributed by atoms with Crippen LogP contribution in [0, 0.1) is 13.8 Å². The maximum Gasteiger partial charge on any atom is 0.126 e. The van der Waals surface area contributed by atoms with Crippen molar-refractivity contribution < 1.29 is 0 Å². The molecule has 2 heterocycles. The fourth-order valence-electron chi connectivity index (χ4n) is 1.29. The Morgan fingerprint density at radius 3 is 2.88 bits per heavy atom. The lowest BCUT2D eigenvalue weighted by atomic mass is 10.3. The molecule has 0 atom stereocenters. The summed E-state index contributed by atoms with van der Waals surface area (Å²) in [7, 11) is 0. The standard InChI is InChI=1S/C11H12BrN3S/c1-7-3-10(13-4-9(7)12)14-5-11-15-8(2)6-16-11/h3-4,6H,5H2,1-2H3,(H,13,14). The molecule has 3 nitrogen and oxygen atoms in total. The summed E-state index contributed by atoms with van der Waals surface area (Å²) in [6.07, 6.45) is 1.81. The molecule has 0 bridgehead atoms. The Morgan fingerprint density at radius 2 is 2.25 bits per heavy atom. The maximum atomic E-state index is 4.38. The van der Waals surface area contributed by atoms with Crippen LogP contribution in [0.25, 0.3) is 0 Å². The highest BCUT2D eigenvalue weighted by atomic mass is 79.9. The van der Waals surface area contributed by atoms with Crippen LogP contribution in [0.3, 0.4) is 0 Å². The van der Waals surface area contributed by atoms with Crippen molar-refractivity contribution in [2.45, 2.75) is 20.4 Å². The van der Waals surface area contributed by atoms with E-state index >= 15 is 0 Å². The number of nitrogens with zero attached hydrogens (tertiary/aromatic N) is 2. The molecule has 0 spiro atoms. The van der Waals surface area contributed by atoms with Gasteiger partial charge in [-0.2, -0.15) is 0 Å². The lowest BCUT2D eigenvalue weighted by Crippen LogP contribution is -2.01. The lowest BCUT2D eigenvalue weighted by molar-refractivity contribution is 1.05.